The van der Waals surface area contributed by atoms with E-state index in [9.17, 15) is 18.0 Å². The highest BCUT2D eigenvalue weighted by Gasteiger charge is 2.28. The molecule has 178 valence electrons. The molecule has 0 saturated heterocycles. The summed E-state index contributed by atoms with van der Waals surface area (Å²) >= 11 is 7.34. The number of aromatic nitrogens is 2. The number of hydrogen-bond acceptors (Lipinski definition) is 9. The van der Waals surface area contributed by atoms with Crippen molar-refractivity contribution in [2.75, 3.05) is 11.9 Å². The summed E-state index contributed by atoms with van der Waals surface area (Å²) in [5, 5.41) is 8.15. The molecule has 0 radical (unpaired) electrons. The molecule has 4 rings (SSSR count). The van der Waals surface area contributed by atoms with E-state index >= 15 is 0 Å². The molecule has 0 unspecified atom stereocenters. The van der Waals surface area contributed by atoms with Gasteiger partial charge in [0.2, 0.25) is 5.78 Å². The minimum atomic E-state index is -3.98. The van der Waals surface area contributed by atoms with E-state index < -0.39 is 10.3 Å². The number of thiophene rings is 1. The number of ketones is 2. The van der Waals surface area contributed by atoms with E-state index in [1.54, 1.807) is 24.3 Å². The Balaban J connectivity index is 1.49. The monoisotopic (exact) mass is 520 g/mol. The van der Waals surface area contributed by atoms with Gasteiger partial charge >= 0.3 is 10.3 Å². The number of carbonyl (C=O) groups is 2. The summed E-state index contributed by atoms with van der Waals surface area (Å²) in [6.45, 7) is 0.0124. The zero-order valence-corrected chi connectivity index (χ0v) is 20.2. The largest absolute Gasteiger partial charge is 0.367 e. The van der Waals surface area contributed by atoms with E-state index in [2.05, 4.69) is 15.3 Å². The van der Waals surface area contributed by atoms with Gasteiger partial charge in [-0.15, -0.1) is 11.3 Å². The lowest BCUT2D eigenvalue weighted by molar-refractivity contribution is 0.103. The lowest BCUT2D eigenvalue weighted by Gasteiger charge is -2.15. The average molecular weight is 521 g/mol. The number of nitrogens with zero attached hydrogens (tertiary/aromatic N) is 2. The Morgan fingerprint density at radius 1 is 1.18 bits per heavy atom. The number of benzene rings is 1. The zero-order valence-electron chi connectivity index (χ0n) is 17.8. The molecule has 9 nitrogen and oxygen atoms in total. The van der Waals surface area contributed by atoms with Crippen LogP contribution in [0.1, 0.15) is 50.4 Å². The van der Waals surface area contributed by atoms with Crippen molar-refractivity contribution in [3.63, 3.8) is 0 Å². The Kier molecular flexibility index (Phi) is 7.39. The maximum absolute atomic E-state index is 13.3. The maximum atomic E-state index is 13.3. The van der Waals surface area contributed by atoms with Crippen LogP contribution in [0.15, 0.2) is 48.9 Å². The summed E-state index contributed by atoms with van der Waals surface area (Å²) in [4.78, 5) is 34.6. The van der Waals surface area contributed by atoms with Gasteiger partial charge in [0.05, 0.1) is 22.6 Å². The standard InChI is InChI=1S/C22H21ClN4O5S2/c23-21-16(19(28)14-4-2-1-3-5-14)9-18(33-21)20(29)17-10-25-12-26-22(17)27-15-7-6-13(8-15)11-32-34(24,30)31/h1-5,9-10,12-13,15H,6-8,11H2,(H2,24,30,31)(H,25,26,27)/t13-,15+/m1/s1. The van der Waals surface area contributed by atoms with Crippen LogP contribution in [-0.4, -0.2) is 42.6 Å². The third kappa shape index (κ3) is 5.86. The van der Waals surface area contributed by atoms with Crippen molar-refractivity contribution < 1.29 is 22.2 Å². The summed E-state index contributed by atoms with van der Waals surface area (Å²) in [6, 6.07) is 10.2. The first-order valence-corrected chi connectivity index (χ1v) is 13.1. The molecule has 34 heavy (non-hydrogen) atoms. The Morgan fingerprint density at radius 3 is 2.68 bits per heavy atom. The number of rotatable bonds is 9. The molecule has 1 saturated carbocycles. The van der Waals surface area contributed by atoms with Gasteiger partial charge in [0.15, 0.2) is 5.78 Å². The number of anilines is 1. The molecular weight excluding hydrogens is 500 g/mol. The summed E-state index contributed by atoms with van der Waals surface area (Å²) in [7, 11) is -3.98. The van der Waals surface area contributed by atoms with Crippen LogP contribution in [0.3, 0.4) is 0 Å². The Labute approximate surface area is 205 Å². The molecule has 0 spiro atoms. The minimum Gasteiger partial charge on any atom is -0.367 e. The highest BCUT2D eigenvalue weighted by Crippen LogP contribution is 2.33. The van der Waals surface area contributed by atoms with Gasteiger partial charge in [-0.05, 0) is 31.2 Å². The van der Waals surface area contributed by atoms with Gasteiger partial charge in [-0.25, -0.2) is 15.1 Å². The minimum absolute atomic E-state index is 0.0124. The maximum Gasteiger partial charge on any atom is 0.333 e. The van der Waals surface area contributed by atoms with Crippen LogP contribution < -0.4 is 10.5 Å². The molecule has 1 aliphatic rings. The first kappa shape index (κ1) is 24.4. The van der Waals surface area contributed by atoms with Crippen molar-refractivity contribution in [2.24, 2.45) is 11.1 Å². The molecule has 2 atom stereocenters. The molecule has 12 heteroatoms. The van der Waals surface area contributed by atoms with E-state index in [4.69, 9.17) is 20.9 Å². The van der Waals surface area contributed by atoms with Gasteiger partial charge in [-0.1, -0.05) is 41.9 Å². The van der Waals surface area contributed by atoms with E-state index in [0.717, 1.165) is 24.2 Å². The van der Waals surface area contributed by atoms with Crippen molar-refractivity contribution in [3.05, 3.63) is 74.8 Å². The van der Waals surface area contributed by atoms with Crippen molar-refractivity contribution in [1.82, 2.24) is 9.97 Å². The first-order chi connectivity index (χ1) is 16.2. The van der Waals surface area contributed by atoms with Crippen LogP contribution in [0.5, 0.6) is 0 Å². The van der Waals surface area contributed by atoms with Crippen molar-refractivity contribution in [2.45, 2.75) is 25.3 Å². The molecule has 1 aliphatic carbocycles. The number of hydrogen-bond donors (Lipinski definition) is 2. The van der Waals surface area contributed by atoms with Crippen LogP contribution in [0.4, 0.5) is 5.82 Å². The fraction of sp³-hybridized carbons (Fsp3) is 0.273. The molecule has 1 aromatic carbocycles. The number of nitrogens with two attached hydrogens (primary N) is 1. The SMILES string of the molecule is NS(=O)(=O)OC[C@@H]1CC[C@H](Nc2ncncc2C(=O)c2cc(C(=O)c3ccccc3)c(Cl)s2)C1. The lowest BCUT2D eigenvalue weighted by atomic mass is 10.0. The average Bonchev–Trinajstić information content (AvgIpc) is 3.43. The number of halogens is 1. The van der Waals surface area contributed by atoms with Gasteiger partial charge in [-0.3, -0.25) is 13.8 Å². The molecule has 3 aromatic rings. The van der Waals surface area contributed by atoms with Crippen LogP contribution in [0.2, 0.25) is 4.34 Å². The Hall–Kier alpha value is -2.70. The molecule has 1 fully saturated rings. The fourth-order valence-electron chi connectivity index (χ4n) is 3.87. The van der Waals surface area contributed by atoms with Gasteiger partial charge in [0.1, 0.15) is 16.5 Å². The number of carbonyl (C=O) groups excluding carboxylic acids is 2. The summed E-state index contributed by atoms with van der Waals surface area (Å²) < 4.78 is 27.0. The topological polar surface area (TPSA) is 141 Å². The summed E-state index contributed by atoms with van der Waals surface area (Å²) in [5.41, 5.74) is 0.998. The van der Waals surface area contributed by atoms with Gasteiger partial charge in [-0.2, -0.15) is 8.42 Å². The smallest absolute Gasteiger partial charge is 0.333 e. The van der Waals surface area contributed by atoms with Gasteiger partial charge in [0.25, 0.3) is 0 Å². The van der Waals surface area contributed by atoms with Crippen molar-refractivity contribution in [3.8, 4) is 0 Å². The second kappa shape index (κ2) is 10.3. The van der Waals surface area contributed by atoms with E-state index in [0.29, 0.717) is 22.7 Å². The van der Waals surface area contributed by atoms with Crippen LogP contribution >= 0.6 is 22.9 Å². The molecule has 3 N–H and O–H groups in total. The fourth-order valence-corrected chi connectivity index (χ4v) is 5.47. The highest BCUT2D eigenvalue weighted by molar-refractivity contribution is 7.84. The molecule has 0 aliphatic heterocycles. The Bertz CT molecular complexity index is 1310. The van der Waals surface area contributed by atoms with Gasteiger partial charge in [0, 0.05) is 17.8 Å². The van der Waals surface area contributed by atoms with E-state index in [1.807, 2.05) is 6.07 Å². The predicted molar refractivity (Wildman–Crippen MR) is 128 cm³/mol. The second-order valence-corrected chi connectivity index (χ2v) is 10.8. The third-order valence-corrected chi connectivity index (χ3v) is 7.32. The lowest BCUT2D eigenvalue weighted by Crippen LogP contribution is -2.22. The molecular formula is C22H21ClN4O5S2. The Morgan fingerprint density at radius 2 is 1.94 bits per heavy atom. The molecule has 0 bridgehead atoms. The predicted octanol–water partition coefficient (Wildman–Crippen LogP) is 3.45. The quantitative estimate of drug-likeness (QED) is 0.408. The normalized spacial score (nSPS) is 18.1. The van der Waals surface area contributed by atoms with Crippen LogP contribution in [0.25, 0.3) is 0 Å². The molecule has 2 heterocycles. The van der Waals surface area contributed by atoms with Crippen molar-refractivity contribution >= 4 is 50.6 Å². The van der Waals surface area contributed by atoms with E-state index in [1.165, 1.54) is 18.6 Å². The third-order valence-electron chi connectivity index (χ3n) is 5.50. The highest BCUT2D eigenvalue weighted by atomic mass is 35.5. The van der Waals surface area contributed by atoms with Crippen LogP contribution in [0, 0.1) is 5.92 Å². The van der Waals surface area contributed by atoms with E-state index in [-0.39, 0.29) is 45.6 Å². The van der Waals surface area contributed by atoms with Crippen molar-refractivity contribution in [1.29, 1.82) is 0 Å². The summed E-state index contributed by atoms with van der Waals surface area (Å²) in [6.07, 6.45) is 4.87. The zero-order chi connectivity index (χ0) is 24.3. The molecule has 2 aromatic heterocycles. The molecule has 0 amide bonds. The number of nitrogens with one attached hydrogen (secondary N) is 1. The first-order valence-electron chi connectivity index (χ1n) is 10.4. The second-order valence-electron chi connectivity index (χ2n) is 7.90. The summed E-state index contributed by atoms with van der Waals surface area (Å²) in [5.74, 6) is -0.241. The van der Waals surface area contributed by atoms with Gasteiger partial charge < -0.3 is 5.32 Å². The van der Waals surface area contributed by atoms with Crippen LogP contribution in [-0.2, 0) is 14.5 Å².